The first-order valence-electron chi connectivity index (χ1n) is 8.26. The summed E-state index contributed by atoms with van der Waals surface area (Å²) in [7, 11) is 0. The molecule has 0 radical (unpaired) electrons. The number of aromatic nitrogens is 1. The molecule has 0 bridgehead atoms. The summed E-state index contributed by atoms with van der Waals surface area (Å²) in [5.74, 6) is -0.163. The number of nitrogens with one attached hydrogen (secondary N) is 1. The molecule has 5 nitrogen and oxygen atoms in total. The van der Waals surface area contributed by atoms with E-state index in [-0.39, 0.29) is 24.5 Å². The van der Waals surface area contributed by atoms with Crippen LogP contribution in [0.15, 0.2) is 48.8 Å². The van der Waals surface area contributed by atoms with Crippen molar-refractivity contribution in [2.45, 2.75) is 25.5 Å². The van der Waals surface area contributed by atoms with Crippen molar-refractivity contribution in [2.75, 3.05) is 13.2 Å². The molecule has 2 aromatic rings. The van der Waals surface area contributed by atoms with Gasteiger partial charge in [-0.3, -0.25) is 9.78 Å². The molecule has 5 heteroatoms. The summed E-state index contributed by atoms with van der Waals surface area (Å²) in [6.07, 6.45) is 4.63. The molecule has 1 fully saturated rings. The third-order valence-corrected chi connectivity index (χ3v) is 4.33. The second-order valence-electron chi connectivity index (χ2n) is 5.98. The predicted octanol–water partition coefficient (Wildman–Crippen LogP) is 2.01. The molecule has 1 aromatic carbocycles. The van der Waals surface area contributed by atoms with Crippen molar-refractivity contribution in [3.05, 3.63) is 65.5 Å². The average Bonchev–Trinajstić information content (AvgIpc) is 3.12. The molecular formula is C19H22N2O3. The van der Waals surface area contributed by atoms with E-state index in [0.29, 0.717) is 19.6 Å². The van der Waals surface area contributed by atoms with Gasteiger partial charge in [0.1, 0.15) is 0 Å². The van der Waals surface area contributed by atoms with E-state index < -0.39 is 0 Å². The van der Waals surface area contributed by atoms with Crippen LogP contribution in [0, 0.1) is 5.92 Å². The molecular weight excluding hydrogens is 304 g/mol. The first-order chi connectivity index (χ1) is 11.8. The number of amides is 1. The lowest BCUT2D eigenvalue weighted by Gasteiger charge is -2.18. The zero-order valence-electron chi connectivity index (χ0n) is 13.5. The number of ether oxygens (including phenoxy) is 1. The van der Waals surface area contributed by atoms with Gasteiger partial charge in [-0.25, -0.2) is 0 Å². The number of carbonyl (C=O) groups excluding carboxylic acids is 1. The lowest BCUT2D eigenvalue weighted by molar-refractivity contribution is -0.126. The standard InChI is InChI=1S/C19H22N2O3/c22-10-7-14-3-5-15(6-4-14)12-21-19(23)17-8-11-24-18(17)16-2-1-9-20-13-16/h1-6,9,13,17-18,22H,7-8,10-12H2,(H,21,23)/t17-,18+/m0/s1. The topological polar surface area (TPSA) is 71.5 Å². The van der Waals surface area contributed by atoms with Crippen LogP contribution >= 0.6 is 0 Å². The van der Waals surface area contributed by atoms with Gasteiger partial charge in [0.15, 0.2) is 0 Å². The fourth-order valence-electron chi connectivity index (χ4n) is 3.00. The highest BCUT2D eigenvalue weighted by Crippen LogP contribution is 2.34. The van der Waals surface area contributed by atoms with Gasteiger partial charge in [0.25, 0.3) is 0 Å². The first kappa shape index (κ1) is 16.6. The molecule has 1 aromatic heterocycles. The van der Waals surface area contributed by atoms with Crippen LogP contribution in [0.3, 0.4) is 0 Å². The minimum atomic E-state index is -0.217. The number of aliphatic hydroxyl groups excluding tert-OH is 1. The van der Waals surface area contributed by atoms with Crippen molar-refractivity contribution in [3.8, 4) is 0 Å². The molecule has 3 rings (SSSR count). The van der Waals surface area contributed by atoms with Gasteiger partial charge < -0.3 is 15.2 Å². The number of benzene rings is 1. The molecule has 2 heterocycles. The maximum absolute atomic E-state index is 12.5. The Kier molecular flexibility index (Phi) is 5.56. The van der Waals surface area contributed by atoms with Crippen molar-refractivity contribution in [1.29, 1.82) is 0 Å². The van der Waals surface area contributed by atoms with Gasteiger partial charge in [-0.15, -0.1) is 0 Å². The molecule has 1 aliphatic heterocycles. The van der Waals surface area contributed by atoms with Crippen molar-refractivity contribution < 1.29 is 14.6 Å². The first-order valence-corrected chi connectivity index (χ1v) is 8.26. The Balaban J connectivity index is 1.58. The molecule has 1 aliphatic rings. The third-order valence-electron chi connectivity index (χ3n) is 4.33. The highest BCUT2D eigenvalue weighted by atomic mass is 16.5. The maximum atomic E-state index is 12.5. The summed E-state index contributed by atoms with van der Waals surface area (Å²) in [4.78, 5) is 16.6. The summed E-state index contributed by atoms with van der Waals surface area (Å²) in [5.41, 5.74) is 3.08. The second-order valence-corrected chi connectivity index (χ2v) is 5.98. The van der Waals surface area contributed by atoms with Crippen LogP contribution in [-0.4, -0.2) is 29.2 Å². The molecule has 0 saturated carbocycles. The van der Waals surface area contributed by atoms with Gasteiger partial charge in [-0.1, -0.05) is 30.3 Å². The zero-order valence-corrected chi connectivity index (χ0v) is 13.5. The van der Waals surface area contributed by atoms with E-state index in [0.717, 1.165) is 23.1 Å². The lowest BCUT2D eigenvalue weighted by atomic mass is 9.95. The quantitative estimate of drug-likeness (QED) is 0.852. The Morgan fingerprint density at radius 1 is 1.25 bits per heavy atom. The Labute approximate surface area is 141 Å². The Hall–Kier alpha value is -2.24. The van der Waals surface area contributed by atoms with Gasteiger partial charge in [0.05, 0.1) is 12.0 Å². The highest BCUT2D eigenvalue weighted by Gasteiger charge is 2.35. The van der Waals surface area contributed by atoms with Crippen molar-refractivity contribution in [1.82, 2.24) is 10.3 Å². The normalized spacial score (nSPS) is 20.0. The summed E-state index contributed by atoms with van der Waals surface area (Å²) in [6, 6.07) is 11.7. The van der Waals surface area contributed by atoms with E-state index in [1.807, 2.05) is 36.4 Å². The second kappa shape index (κ2) is 8.04. The summed E-state index contributed by atoms with van der Waals surface area (Å²) in [6.45, 7) is 1.23. The molecule has 0 unspecified atom stereocenters. The minimum Gasteiger partial charge on any atom is -0.396 e. The number of carbonyl (C=O) groups is 1. The van der Waals surface area contributed by atoms with Crippen LogP contribution in [-0.2, 0) is 22.5 Å². The summed E-state index contributed by atoms with van der Waals surface area (Å²) >= 11 is 0. The maximum Gasteiger partial charge on any atom is 0.226 e. The fraction of sp³-hybridized carbons (Fsp3) is 0.368. The molecule has 2 N–H and O–H groups in total. The lowest BCUT2D eigenvalue weighted by Crippen LogP contribution is -2.32. The Bertz CT molecular complexity index is 658. The zero-order chi connectivity index (χ0) is 16.8. The monoisotopic (exact) mass is 326 g/mol. The Morgan fingerprint density at radius 2 is 2.04 bits per heavy atom. The van der Waals surface area contributed by atoms with Gasteiger partial charge in [-0.05, 0) is 35.6 Å². The number of hydrogen-bond acceptors (Lipinski definition) is 4. The minimum absolute atomic E-state index is 0.0146. The molecule has 1 saturated heterocycles. The molecule has 0 aliphatic carbocycles. The van der Waals surface area contributed by atoms with E-state index in [1.165, 1.54) is 0 Å². The smallest absolute Gasteiger partial charge is 0.226 e. The Morgan fingerprint density at radius 3 is 2.75 bits per heavy atom. The van der Waals surface area contributed by atoms with E-state index in [2.05, 4.69) is 10.3 Å². The van der Waals surface area contributed by atoms with E-state index in [1.54, 1.807) is 12.4 Å². The van der Waals surface area contributed by atoms with Crippen molar-refractivity contribution >= 4 is 5.91 Å². The van der Waals surface area contributed by atoms with Crippen LogP contribution in [0.25, 0.3) is 0 Å². The molecule has 2 atom stereocenters. The van der Waals surface area contributed by atoms with Gasteiger partial charge >= 0.3 is 0 Å². The van der Waals surface area contributed by atoms with E-state index in [4.69, 9.17) is 9.84 Å². The summed E-state index contributed by atoms with van der Waals surface area (Å²) in [5, 5.41) is 11.9. The number of rotatable bonds is 6. The SMILES string of the molecule is O=C(NCc1ccc(CCO)cc1)[C@H]1CCO[C@@H]1c1cccnc1. The largest absolute Gasteiger partial charge is 0.396 e. The molecule has 126 valence electrons. The number of aliphatic hydroxyl groups is 1. The van der Waals surface area contributed by atoms with Crippen molar-refractivity contribution in [2.24, 2.45) is 5.92 Å². The number of pyridine rings is 1. The molecule has 1 amide bonds. The summed E-state index contributed by atoms with van der Waals surface area (Å²) < 4.78 is 5.74. The van der Waals surface area contributed by atoms with Crippen LogP contribution in [0.5, 0.6) is 0 Å². The van der Waals surface area contributed by atoms with Gasteiger partial charge in [-0.2, -0.15) is 0 Å². The van der Waals surface area contributed by atoms with Crippen LogP contribution < -0.4 is 5.32 Å². The number of hydrogen-bond donors (Lipinski definition) is 2. The fourth-order valence-corrected chi connectivity index (χ4v) is 3.00. The van der Waals surface area contributed by atoms with Gasteiger partial charge in [0, 0.05) is 32.2 Å². The van der Waals surface area contributed by atoms with Gasteiger partial charge in [0.2, 0.25) is 5.91 Å². The third kappa shape index (κ3) is 3.99. The van der Waals surface area contributed by atoms with Crippen LogP contribution in [0.4, 0.5) is 0 Å². The average molecular weight is 326 g/mol. The predicted molar refractivity (Wildman–Crippen MR) is 90.1 cm³/mol. The number of nitrogens with zero attached hydrogens (tertiary/aromatic N) is 1. The molecule has 24 heavy (non-hydrogen) atoms. The van der Waals surface area contributed by atoms with Crippen molar-refractivity contribution in [3.63, 3.8) is 0 Å². The van der Waals surface area contributed by atoms with Crippen LogP contribution in [0.2, 0.25) is 0 Å². The van der Waals surface area contributed by atoms with E-state index in [9.17, 15) is 4.79 Å². The van der Waals surface area contributed by atoms with Crippen LogP contribution in [0.1, 0.15) is 29.2 Å². The highest BCUT2D eigenvalue weighted by molar-refractivity contribution is 5.79. The molecule has 0 spiro atoms. The van der Waals surface area contributed by atoms with E-state index >= 15 is 0 Å².